The molecule has 3 aliphatic heterocycles. The Kier molecular flexibility index (Phi) is 10.0. The summed E-state index contributed by atoms with van der Waals surface area (Å²) >= 11 is 7.79. The number of ether oxygens (including phenoxy) is 1. The molecule has 0 aromatic heterocycles. The van der Waals surface area contributed by atoms with Crippen molar-refractivity contribution in [1.82, 2.24) is 4.90 Å². The molecule has 10 heteroatoms. The van der Waals surface area contributed by atoms with Crippen molar-refractivity contribution < 1.29 is 24.2 Å². The molecular weight excluding hydrogens is 646 g/mol. The third kappa shape index (κ3) is 5.82. The van der Waals surface area contributed by atoms with Gasteiger partial charge in [-0.2, -0.15) is 0 Å². The van der Waals surface area contributed by atoms with Gasteiger partial charge in [-0.1, -0.05) is 54.1 Å². The van der Waals surface area contributed by atoms with Crippen LogP contribution in [0.25, 0.3) is 0 Å². The van der Waals surface area contributed by atoms with Crippen molar-refractivity contribution in [1.29, 1.82) is 0 Å². The predicted octanol–water partition coefficient (Wildman–Crippen LogP) is 6.30. The average molecular weight is 686 g/mol. The highest BCUT2D eigenvalue weighted by molar-refractivity contribution is 8.02. The maximum Gasteiger partial charge on any atom is 0.251 e. The lowest BCUT2D eigenvalue weighted by atomic mass is 9.70. The van der Waals surface area contributed by atoms with E-state index in [1.54, 1.807) is 62.9 Å². The lowest BCUT2D eigenvalue weighted by molar-refractivity contribution is -0.142. The van der Waals surface area contributed by atoms with Crippen molar-refractivity contribution in [2.75, 3.05) is 36.1 Å². The van der Waals surface area contributed by atoms with E-state index in [0.29, 0.717) is 41.6 Å². The molecule has 0 aliphatic carbocycles. The fourth-order valence-electron chi connectivity index (χ4n) is 7.76. The monoisotopic (exact) mass is 685 g/mol. The molecule has 6 atom stereocenters. The highest BCUT2D eigenvalue weighted by atomic mass is 35.5. The Labute approximate surface area is 291 Å². The Morgan fingerprint density at radius 1 is 1.00 bits per heavy atom. The van der Waals surface area contributed by atoms with Crippen molar-refractivity contribution in [2.24, 2.45) is 11.8 Å². The van der Waals surface area contributed by atoms with Crippen LogP contribution in [0.4, 0.5) is 11.4 Å². The number of amides is 3. The van der Waals surface area contributed by atoms with Crippen LogP contribution in [0.1, 0.15) is 31.4 Å². The van der Waals surface area contributed by atoms with Gasteiger partial charge in [0.2, 0.25) is 11.8 Å². The fourth-order valence-corrected chi connectivity index (χ4v) is 10.1. The first-order valence-electron chi connectivity index (χ1n) is 16.3. The van der Waals surface area contributed by atoms with Gasteiger partial charge in [-0.25, -0.2) is 0 Å². The van der Waals surface area contributed by atoms with E-state index in [2.05, 4.69) is 13.2 Å². The minimum Gasteiger partial charge on any atom is -0.494 e. The van der Waals surface area contributed by atoms with E-state index in [-0.39, 0.29) is 42.7 Å². The summed E-state index contributed by atoms with van der Waals surface area (Å²) in [5.74, 6) is -1.47. The van der Waals surface area contributed by atoms with Gasteiger partial charge in [-0.15, -0.1) is 24.9 Å². The zero-order chi connectivity index (χ0) is 34.0. The molecule has 3 aromatic carbocycles. The molecular formula is C38H40ClN3O5S. The predicted molar refractivity (Wildman–Crippen MR) is 191 cm³/mol. The molecule has 2 bridgehead atoms. The van der Waals surface area contributed by atoms with E-state index in [4.69, 9.17) is 16.3 Å². The Balaban J connectivity index is 1.44. The Bertz CT molecular complexity index is 1670. The van der Waals surface area contributed by atoms with Crippen LogP contribution in [0, 0.1) is 11.8 Å². The number of hydrogen-bond acceptors (Lipinski definition) is 6. The molecule has 8 nitrogen and oxygen atoms in total. The second kappa shape index (κ2) is 14.2. The smallest absolute Gasteiger partial charge is 0.251 e. The number of nitrogens with zero attached hydrogens (tertiary/aromatic N) is 3. The van der Waals surface area contributed by atoms with E-state index in [1.165, 1.54) is 0 Å². The van der Waals surface area contributed by atoms with Gasteiger partial charge >= 0.3 is 0 Å². The van der Waals surface area contributed by atoms with Gasteiger partial charge in [0.15, 0.2) is 0 Å². The molecule has 48 heavy (non-hydrogen) atoms. The zero-order valence-electron chi connectivity index (χ0n) is 26.9. The molecule has 250 valence electrons. The largest absolute Gasteiger partial charge is 0.494 e. The van der Waals surface area contributed by atoms with E-state index >= 15 is 4.79 Å². The molecule has 6 rings (SSSR count). The van der Waals surface area contributed by atoms with Crippen LogP contribution < -0.4 is 14.5 Å². The van der Waals surface area contributed by atoms with Gasteiger partial charge in [0.1, 0.15) is 11.8 Å². The van der Waals surface area contributed by atoms with Crippen LogP contribution in [0.3, 0.4) is 0 Å². The normalized spacial score (nSPS) is 24.6. The molecule has 3 saturated heterocycles. The van der Waals surface area contributed by atoms with Crippen molar-refractivity contribution in [2.45, 2.75) is 41.8 Å². The van der Waals surface area contributed by atoms with Gasteiger partial charge in [0.05, 0.1) is 35.8 Å². The number of aliphatic hydroxyl groups is 1. The van der Waals surface area contributed by atoms with Crippen molar-refractivity contribution in [3.63, 3.8) is 0 Å². The Morgan fingerprint density at radius 2 is 1.60 bits per heavy atom. The van der Waals surface area contributed by atoms with E-state index in [0.717, 1.165) is 5.56 Å². The maximum absolute atomic E-state index is 15.0. The van der Waals surface area contributed by atoms with Crippen LogP contribution in [0.5, 0.6) is 5.75 Å². The summed E-state index contributed by atoms with van der Waals surface area (Å²) in [7, 11) is 0. The summed E-state index contributed by atoms with van der Waals surface area (Å²) in [6.07, 6.45) is 4.61. The van der Waals surface area contributed by atoms with Gasteiger partial charge < -0.3 is 24.5 Å². The summed E-state index contributed by atoms with van der Waals surface area (Å²) in [5, 5.41) is 11.3. The number of carbonyl (C=O) groups excluding carboxylic acids is 3. The minimum absolute atomic E-state index is 0.147. The van der Waals surface area contributed by atoms with Crippen LogP contribution in [0.2, 0.25) is 5.02 Å². The molecule has 1 spiro atoms. The van der Waals surface area contributed by atoms with Crippen molar-refractivity contribution in [3.05, 3.63) is 115 Å². The highest BCUT2D eigenvalue weighted by Gasteiger charge is 2.74. The number of likely N-dealkylation sites (tertiary alicyclic amines) is 1. The fraction of sp³-hybridized carbons (Fsp3) is 0.342. The summed E-state index contributed by atoms with van der Waals surface area (Å²) in [4.78, 5) is 49.5. The second-order valence-corrected chi connectivity index (χ2v) is 14.3. The highest BCUT2D eigenvalue weighted by Crippen LogP contribution is 2.67. The van der Waals surface area contributed by atoms with E-state index in [9.17, 15) is 14.7 Å². The summed E-state index contributed by atoms with van der Waals surface area (Å²) in [5.41, 5.74) is 2.02. The zero-order valence-corrected chi connectivity index (χ0v) is 28.5. The SMILES string of the molecule is C=CCN(C(=O)C1N([C@H](CO)c2ccccc2)C(=O)[C@@H]2[C@@H](C(=O)N(CC=C)c3ccc(OCC)cc3)[C@H]3CCC12S3)c1ccc(Cl)cc1. The standard InChI is InChI=1S/C38H40ClN3O5S/c1-4-22-40(28-16-18-29(19-17-28)47-6-3)35(44)32-31-20-21-38(48-31)33(32)36(45)42(30(24-43)25-10-8-7-9-11-25)34(38)37(46)41(23-5-2)27-14-12-26(39)13-15-27/h4-5,7-19,30-34,43H,1-2,6,20-24H2,3H3/t30-,31-,32+,33+,34?,38?/m1/s1. The summed E-state index contributed by atoms with van der Waals surface area (Å²) < 4.78 is 4.75. The molecule has 3 amide bonds. The third-order valence-corrected chi connectivity index (χ3v) is 11.9. The van der Waals surface area contributed by atoms with Crippen LogP contribution in [-0.4, -0.2) is 70.1 Å². The second-order valence-electron chi connectivity index (χ2n) is 12.3. The van der Waals surface area contributed by atoms with Crippen LogP contribution in [-0.2, 0) is 14.4 Å². The first-order chi connectivity index (χ1) is 23.3. The number of hydrogen-bond donors (Lipinski definition) is 1. The van der Waals surface area contributed by atoms with Crippen molar-refractivity contribution >= 4 is 52.5 Å². The van der Waals surface area contributed by atoms with Gasteiger partial charge in [0.25, 0.3) is 5.91 Å². The Hall–Kier alpha value is -4.05. The quantitative estimate of drug-likeness (QED) is 0.213. The number of aliphatic hydroxyl groups excluding tert-OH is 1. The molecule has 3 aliphatic rings. The molecule has 1 N–H and O–H groups in total. The minimum atomic E-state index is -0.936. The molecule has 3 fully saturated rings. The number of fused-ring (bicyclic) bond motifs is 1. The third-order valence-electron chi connectivity index (χ3n) is 9.70. The number of halogens is 1. The van der Waals surface area contributed by atoms with Gasteiger partial charge in [-0.05, 0) is 73.9 Å². The Morgan fingerprint density at radius 3 is 2.19 bits per heavy atom. The molecule has 3 aromatic rings. The molecule has 3 heterocycles. The molecule has 2 unspecified atom stereocenters. The van der Waals surface area contributed by atoms with Crippen LogP contribution in [0.15, 0.2) is 104 Å². The van der Waals surface area contributed by atoms with E-state index < -0.39 is 28.7 Å². The number of thioether (sulfide) groups is 1. The average Bonchev–Trinajstić information content (AvgIpc) is 3.75. The lowest BCUT2D eigenvalue weighted by Gasteiger charge is -2.39. The van der Waals surface area contributed by atoms with Crippen molar-refractivity contribution in [3.8, 4) is 5.75 Å². The lowest BCUT2D eigenvalue weighted by Crippen LogP contribution is -2.56. The van der Waals surface area contributed by atoms with Crippen LogP contribution >= 0.6 is 23.4 Å². The number of anilines is 2. The van der Waals surface area contributed by atoms with Gasteiger partial charge in [-0.3, -0.25) is 14.4 Å². The number of carbonyl (C=O) groups is 3. The summed E-state index contributed by atoms with van der Waals surface area (Å²) in [6.45, 7) is 10.3. The first kappa shape index (κ1) is 33.8. The molecule has 0 radical (unpaired) electrons. The van der Waals surface area contributed by atoms with E-state index in [1.807, 2.05) is 61.5 Å². The topological polar surface area (TPSA) is 90.4 Å². The number of benzene rings is 3. The maximum atomic E-state index is 15.0. The molecule has 0 saturated carbocycles. The number of rotatable bonds is 13. The van der Waals surface area contributed by atoms with Gasteiger partial charge in [0, 0.05) is 34.7 Å². The first-order valence-corrected chi connectivity index (χ1v) is 17.5. The summed E-state index contributed by atoms with van der Waals surface area (Å²) in [6, 6.07) is 21.9.